The van der Waals surface area contributed by atoms with E-state index in [0.717, 1.165) is 29.9 Å². The van der Waals surface area contributed by atoms with Gasteiger partial charge in [-0.05, 0) is 18.1 Å². The molecule has 1 N–H and O–H groups in total. The minimum absolute atomic E-state index is 0.773. The number of pyridine rings is 1. The molecule has 0 aliphatic carbocycles. The van der Waals surface area contributed by atoms with Gasteiger partial charge in [0.1, 0.15) is 11.8 Å². The number of anilines is 1. The molecule has 0 bridgehead atoms. The number of aryl methyl sites for hydroxylation is 1. The summed E-state index contributed by atoms with van der Waals surface area (Å²) in [5.74, 6) is 0.773. The maximum Gasteiger partial charge on any atom is 0.165 e. The van der Waals surface area contributed by atoms with Crippen LogP contribution in [0.4, 0.5) is 5.82 Å². The van der Waals surface area contributed by atoms with Crippen LogP contribution in [0, 0.1) is 0 Å². The van der Waals surface area contributed by atoms with Crippen LogP contribution in [-0.4, -0.2) is 31.0 Å². The molecule has 0 amide bonds. The van der Waals surface area contributed by atoms with Crippen molar-refractivity contribution in [2.24, 2.45) is 7.05 Å². The van der Waals surface area contributed by atoms with Gasteiger partial charge in [0.2, 0.25) is 0 Å². The highest BCUT2D eigenvalue weighted by molar-refractivity contribution is 5.82. The second-order valence-electron chi connectivity index (χ2n) is 4.29. The van der Waals surface area contributed by atoms with Crippen LogP contribution in [0.15, 0.2) is 37.2 Å². The van der Waals surface area contributed by atoms with Crippen LogP contribution in [0.1, 0.15) is 5.56 Å². The van der Waals surface area contributed by atoms with Crippen molar-refractivity contribution in [3.63, 3.8) is 0 Å². The zero-order valence-electron chi connectivity index (χ0n) is 10.6. The fourth-order valence-electron chi connectivity index (χ4n) is 1.95. The lowest BCUT2D eigenvalue weighted by molar-refractivity contribution is 0.927. The highest BCUT2D eigenvalue weighted by atomic mass is 15.1. The van der Waals surface area contributed by atoms with Crippen molar-refractivity contribution in [2.45, 2.75) is 6.42 Å². The minimum Gasteiger partial charge on any atom is -0.368 e. The first-order chi connectivity index (χ1) is 9.34. The molecule has 0 saturated carbocycles. The first-order valence-electron chi connectivity index (χ1n) is 6.09. The Balaban J connectivity index is 1.72. The molecule has 3 aromatic rings. The highest BCUT2D eigenvalue weighted by Gasteiger charge is 2.07. The van der Waals surface area contributed by atoms with Crippen molar-refractivity contribution in [3.05, 3.63) is 42.7 Å². The summed E-state index contributed by atoms with van der Waals surface area (Å²) in [6.07, 6.45) is 7.84. The summed E-state index contributed by atoms with van der Waals surface area (Å²) in [5, 5.41) is 3.29. The maximum absolute atomic E-state index is 4.31. The molecule has 6 nitrogen and oxygen atoms in total. The van der Waals surface area contributed by atoms with Crippen LogP contribution in [0.3, 0.4) is 0 Å². The third-order valence-electron chi connectivity index (χ3n) is 2.93. The number of nitrogens with zero attached hydrogens (tertiary/aromatic N) is 5. The van der Waals surface area contributed by atoms with E-state index in [-0.39, 0.29) is 0 Å². The lowest BCUT2D eigenvalue weighted by atomic mass is 10.2. The third kappa shape index (κ3) is 2.37. The zero-order valence-corrected chi connectivity index (χ0v) is 10.6. The van der Waals surface area contributed by atoms with Crippen LogP contribution in [0.5, 0.6) is 0 Å². The summed E-state index contributed by atoms with van der Waals surface area (Å²) < 4.78 is 1.88. The number of nitrogens with one attached hydrogen (secondary N) is 1. The van der Waals surface area contributed by atoms with Gasteiger partial charge in [-0.2, -0.15) is 0 Å². The topological polar surface area (TPSA) is 68.5 Å². The number of aromatic nitrogens is 5. The van der Waals surface area contributed by atoms with E-state index in [1.165, 1.54) is 5.56 Å². The predicted octanol–water partition coefficient (Wildman–Crippen LogP) is 1.41. The average Bonchev–Trinajstić information content (AvgIpc) is 2.83. The number of hydrogen-bond donors (Lipinski definition) is 1. The Morgan fingerprint density at radius 2 is 2.21 bits per heavy atom. The second-order valence-corrected chi connectivity index (χ2v) is 4.29. The first kappa shape index (κ1) is 11.6. The van der Waals surface area contributed by atoms with Crippen molar-refractivity contribution < 1.29 is 0 Å². The van der Waals surface area contributed by atoms with Crippen LogP contribution >= 0.6 is 0 Å². The summed E-state index contributed by atoms with van der Waals surface area (Å²) >= 11 is 0. The minimum atomic E-state index is 0.773. The van der Waals surface area contributed by atoms with Crippen molar-refractivity contribution in [1.82, 2.24) is 24.5 Å². The smallest absolute Gasteiger partial charge is 0.165 e. The standard InChI is InChI=1S/C13H14N6/c1-19-9-18-11-12(16-8-17-13(11)19)15-6-4-10-3-2-5-14-7-10/h2-3,5,7-9H,4,6H2,1H3,(H,15,16,17). The molecule has 0 fully saturated rings. The number of rotatable bonds is 4. The monoisotopic (exact) mass is 254 g/mol. The van der Waals surface area contributed by atoms with Crippen LogP contribution in [0.25, 0.3) is 11.2 Å². The Morgan fingerprint density at radius 1 is 1.26 bits per heavy atom. The van der Waals surface area contributed by atoms with Crippen LogP contribution in [0.2, 0.25) is 0 Å². The fraction of sp³-hybridized carbons (Fsp3) is 0.231. The van der Waals surface area contributed by atoms with Crippen molar-refractivity contribution >= 4 is 17.0 Å². The molecule has 6 heteroatoms. The zero-order chi connectivity index (χ0) is 13.1. The van der Waals surface area contributed by atoms with E-state index in [4.69, 9.17) is 0 Å². The SMILES string of the molecule is Cn1cnc2c(NCCc3cccnc3)ncnc21. The Kier molecular flexibility index (Phi) is 3.06. The van der Waals surface area contributed by atoms with E-state index in [9.17, 15) is 0 Å². The Hall–Kier alpha value is -2.50. The fourth-order valence-corrected chi connectivity index (χ4v) is 1.95. The lowest BCUT2D eigenvalue weighted by Gasteiger charge is -2.05. The lowest BCUT2D eigenvalue weighted by Crippen LogP contribution is -2.07. The van der Waals surface area contributed by atoms with Gasteiger partial charge in [0.25, 0.3) is 0 Å². The molecular weight excluding hydrogens is 240 g/mol. The highest BCUT2D eigenvalue weighted by Crippen LogP contribution is 2.16. The van der Waals surface area contributed by atoms with Crippen molar-refractivity contribution in [2.75, 3.05) is 11.9 Å². The molecule has 96 valence electrons. The summed E-state index contributed by atoms with van der Waals surface area (Å²) in [4.78, 5) is 16.8. The molecular formula is C13H14N6. The van der Waals surface area contributed by atoms with Gasteiger partial charge in [0, 0.05) is 26.0 Å². The van der Waals surface area contributed by atoms with Crippen molar-refractivity contribution in [1.29, 1.82) is 0 Å². The van der Waals surface area contributed by atoms with E-state index in [1.54, 1.807) is 18.9 Å². The normalized spacial score (nSPS) is 10.8. The molecule has 0 radical (unpaired) electrons. The molecule has 0 spiro atoms. The second kappa shape index (κ2) is 5.01. The molecule has 0 atom stereocenters. The van der Waals surface area contributed by atoms with Gasteiger partial charge in [-0.1, -0.05) is 6.07 Å². The van der Waals surface area contributed by atoms with Gasteiger partial charge in [-0.25, -0.2) is 15.0 Å². The van der Waals surface area contributed by atoms with Crippen LogP contribution < -0.4 is 5.32 Å². The first-order valence-corrected chi connectivity index (χ1v) is 6.09. The van der Waals surface area contributed by atoms with Gasteiger partial charge in [-0.15, -0.1) is 0 Å². The number of hydrogen-bond acceptors (Lipinski definition) is 5. The van der Waals surface area contributed by atoms with E-state index in [1.807, 2.05) is 23.9 Å². The summed E-state index contributed by atoms with van der Waals surface area (Å²) in [6, 6.07) is 4.00. The average molecular weight is 254 g/mol. The molecule has 0 aliphatic rings. The molecule has 0 aliphatic heterocycles. The van der Waals surface area contributed by atoms with Gasteiger partial charge in [0.05, 0.1) is 6.33 Å². The molecule has 3 aromatic heterocycles. The van der Waals surface area contributed by atoms with Crippen molar-refractivity contribution in [3.8, 4) is 0 Å². The molecule has 3 heterocycles. The number of imidazole rings is 1. The van der Waals surface area contributed by atoms with E-state index in [0.29, 0.717) is 0 Å². The molecule has 0 unspecified atom stereocenters. The van der Waals surface area contributed by atoms with Crippen LogP contribution in [-0.2, 0) is 13.5 Å². The van der Waals surface area contributed by atoms with E-state index in [2.05, 4.69) is 31.3 Å². The van der Waals surface area contributed by atoms with E-state index < -0.39 is 0 Å². The van der Waals surface area contributed by atoms with Gasteiger partial charge < -0.3 is 9.88 Å². The quantitative estimate of drug-likeness (QED) is 0.762. The Labute approximate surface area is 110 Å². The summed E-state index contributed by atoms with van der Waals surface area (Å²) in [6.45, 7) is 0.786. The summed E-state index contributed by atoms with van der Waals surface area (Å²) in [7, 11) is 1.92. The van der Waals surface area contributed by atoms with E-state index >= 15 is 0 Å². The Morgan fingerprint density at radius 3 is 3.05 bits per heavy atom. The molecule has 3 rings (SSSR count). The van der Waals surface area contributed by atoms with Gasteiger partial charge >= 0.3 is 0 Å². The predicted molar refractivity (Wildman–Crippen MR) is 72.7 cm³/mol. The maximum atomic E-state index is 4.31. The number of fused-ring (bicyclic) bond motifs is 1. The Bertz CT molecular complexity index is 676. The van der Waals surface area contributed by atoms with Gasteiger partial charge in [-0.3, -0.25) is 4.98 Å². The molecule has 0 saturated heterocycles. The molecule has 19 heavy (non-hydrogen) atoms. The molecule has 0 aromatic carbocycles. The third-order valence-corrected chi connectivity index (χ3v) is 2.93. The summed E-state index contributed by atoms with van der Waals surface area (Å²) in [5.41, 5.74) is 2.83. The largest absolute Gasteiger partial charge is 0.368 e. The van der Waals surface area contributed by atoms with Gasteiger partial charge in [0.15, 0.2) is 11.5 Å².